The van der Waals surface area contributed by atoms with Gasteiger partial charge in [0.15, 0.2) is 0 Å². The molecule has 0 bridgehead atoms. The summed E-state index contributed by atoms with van der Waals surface area (Å²) in [6, 6.07) is 7.83. The second-order valence-electron chi connectivity index (χ2n) is 4.53. The lowest BCUT2D eigenvalue weighted by atomic mass is 10.2. The third-order valence-corrected chi connectivity index (χ3v) is 2.62. The summed E-state index contributed by atoms with van der Waals surface area (Å²) in [6.07, 6.45) is -0.715. The minimum Gasteiger partial charge on any atom is -0.492 e. The molecule has 0 aromatic heterocycles. The highest BCUT2D eigenvalue weighted by Gasteiger charge is 2.10. The van der Waals surface area contributed by atoms with E-state index in [4.69, 9.17) is 9.47 Å². The monoisotopic (exact) mass is 281 g/mol. The van der Waals surface area contributed by atoms with E-state index < -0.39 is 6.10 Å². The predicted molar refractivity (Wildman–Crippen MR) is 76.8 cm³/mol. The zero-order valence-corrected chi connectivity index (χ0v) is 12.1. The summed E-state index contributed by atoms with van der Waals surface area (Å²) in [5.41, 5.74) is 1.15. The first-order valence-electron chi connectivity index (χ1n) is 6.85. The number of rotatable bonds is 9. The molecule has 1 aromatic rings. The topological polar surface area (TPSA) is 67.8 Å². The average molecular weight is 281 g/mol. The van der Waals surface area contributed by atoms with Crippen LogP contribution in [0.25, 0.3) is 0 Å². The van der Waals surface area contributed by atoms with Crippen LogP contribution >= 0.6 is 0 Å². The Morgan fingerprint density at radius 3 is 2.95 bits per heavy atom. The van der Waals surface area contributed by atoms with Gasteiger partial charge >= 0.3 is 5.97 Å². The SMILES string of the molecule is CCOC(=O)CC(O)CNCCOc1cccc(C)c1. The van der Waals surface area contributed by atoms with Crippen molar-refractivity contribution in [1.82, 2.24) is 5.32 Å². The van der Waals surface area contributed by atoms with E-state index in [1.54, 1.807) is 6.92 Å². The summed E-state index contributed by atoms with van der Waals surface area (Å²) >= 11 is 0. The minimum absolute atomic E-state index is 0.0135. The van der Waals surface area contributed by atoms with Crippen LogP contribution in [0.5, 0.6) is 5.75 Å². The largest absolute Gasteiger partial charge is 0.492 e. The average Bonchev–Trinajstić information content (AvgIpc) is 2.38. The fourth-order valence-corrected chi connectivity index (χ4v) is 1.70. The van der Waals surface area contributed by atoms with E-state index in [-0.39, 0.29) is 12.4 Å². The highest BCUT2D eigenvalue weighted by Crippen LogP contribution is 2.11. The van der Waals surface area contributed by atoms with E-state index in [1.165, 1.54) is 0 Å². The van der Waals surface area contributed by atoms with Gasteiger partial charge in [0.05, 0.1) is 19.1 Å². The molecule has 5 heteroatoms. The van der Waals surface area contributed by atoms with Crippen molar-refractivity contribution in [2.75, 3.05) is 26.3 Å². The maximum absolute atomic E-state index is 11.1. The molecule has 0 saturated carbocycles. The van der Waals surface area contributed by atoms with Crippen LogP contribution in [0.1, 0.15) is 18.9 Å². The molecule has 20 heavy (non-hydrogen) atoms. The molecule has 1 rings (SSSR count). The molecule has 0 aliphatic rings. The quantitative estimate of drug-likeness (QED) is 0.527. The number of benzene rings is 1. The summed E-state index contributed by atoms with van der Waals surface area (Å²) in [4.78, 5) is 11.1. The van der Waals surface area contributed by atoms with Crippen LogP contribution < -0.4 is 10.1 Å². The van der Waals surface area contributed by atoms with E-state index in [0.29, 0.717) is 26.3 Å². The van der Waals surface area contributed by atoms with E-state index in [0.717, 1.165) is 11.3 Å². The van der Waals surface area contributed by atoms with Gasteiger partial charge in [-0.2, -0.15) is 0 Å². The zero-order chi connectivity index (χ0) is 14.8. The second kappa shape index (κ2) is 9.34. The Morgan fingerprint density at radius 2 is 2.25 bits per heavy atom. The van der Waals surface area contributed by atoms with Crippen molar-refractivity contribution in [2.24, 2.45) is 0 Å². The van der Waals surface area contributed by atoms with Crippen LogP contribution in [0.4, 0.5) is 0 Å². The Bertz CT molecular complexity index is 409. The number of carbonyl (C=O) groups excluding carboxylic acids is 1. The number of aliphatic hydroxyl groups is 1. The number of esters is 1. The molecule has 5 nitrogen and oxygen atoms in total. The highest BCUT2D eigenvalue weighted by atomic mass is 16.5. The Balaban J connectivity index is 2.08. The van der Waals surface area contributed by atoms with Gasteiger partial charge in [-0.25, -0.2) is 0 Å². The van der Waals surface area contributed by atoms with Crippen molar-refractivity contribution in [1.29, 1.82) is 0 Å². The summed E-state index contributed by atoms with van der Waals surface area (Å²) in [5, 5.41) is 12.6. The van der Waals surface area contributed by atoms with Crippen molar-refractivity contribution in [3.05, 3.63) is 29.8 Å². The fourth-order valence-electron chi connectivity index (χ4n) is 1.70. The maximum Gasteiger partial charge on any atom is 0.308 e. The summed E-state index contributed by atoms with van der Waals surface area (Å²) in [5.74, 6) is 0.455. The molecule has 1 unspecified atom stereocenters. The van der Waals surface area contributed by atoms with Crippen LogP contribution in [-0.2, 0) is 9.53 Å². The molecule has 0 heterocycles. The Kier molecular flexibility index (Phi) is 7.69. The minimum atomic E-state index is -0.729. The van der Waals surface area contributed by atoms with Crippen molar-refractivity contribution < 1.29 is 19.4 Å². The molecule has 0 radical (unpaired) electrons. The molecule has 0 aliphatic carbocycles. The molecule has 0 amide bonds. The molecule has 0 fully saturated rings. The Hall–Kier alpha value is -1.59. The normalized spacial score (nSPS) is 11.9. The van der Waals surface area contributed by atoms with Crippen LogP contribution in [-0.4, -0.2) is 43.5 Å². The third kappa shape index (κ3) is 7.11. The van der Waals surface area contributed by atoms with Gasteiger partial charge < -0.3 is 19.9 Å². The number of aliphatic hydroxyl groups excluding tert-OH is 1. The molecule has 1 atom stereocenters. The Labute approximate surface area is 119 Å². The van der Waals surface area contributed by atoms with Crippen molar-refractivity contribution in [3.63, 3.8) is 0 Å². The maximum atomic E-state index is 11.1. The summed E-state index contributed by atoms with van der Waals surface area (Å²) < 4.78 is 10.3. The molecule has 112 valence electrons. The van der Waals surface area contributed by atoms with Crippen molar-refractivity contribution >= 4 is 5.97 Å². The molecular weight excluding hydrogens is 258 g/mol. The smallest absolute Gasteiger partial charge is 0.308 e. The number of carbonyl (C=O) groups is 1. The van der Waals surface area contributed by atoms with Gasteiger partial charge in [0.2, 0.25) is 0 Å². The van der Waals surface area contributed by atoms with Gasteiger partial charge in [-0.15, -0.1) is 0 Å². The molecule has 2 N–H and O–H groups in total. The number of hydrogen-bond acceptors (Lipinski definition) is 5. The van der Waals surface area contributed by atoms with E-state index in [2.05, 4.69) is 5.32 Å². The van der Waals surface area contributed by atoms with E-state index in [9.17, 15) is 9.90 Å². The number of hydrogen-bond donors (Lipinski definition) is 2. The molecule has 1 aromatic carbocycles. The molecule has 0 saturated heterocycles. The lowest BCUT2D eigenvalue weighted by Crippen LogP contribution is -2.31. The zero-order valence-electron chi connectivity index (χ0n) is 12.1. The van der Waals surface area contributed by atoms with E-state index >= 15 is 0 Å². The first-order chi connectivity index (χ1) is 9.61. The van der Waals surface area contributed by atoms with Gasteiger partial charge in [0.25, 0.3) is 0 Å². The van der Waals surface area contributed by atoms with Gasteiger partial charge in [-0.3, -0.25) is 4.79 Å². The standard InChI is InChI=1S/C15H23NO4/c1-3-19-15(18)10-13(17)11-16-7-8-20-14-6-4-5-12(2)9-14/h4-6,9,13,16-17H,3,7-8,10-11H2,1-2H3. The Morgan fingerprint density at radius 1 is 1.45 bits per heavy atom. The predicted octanol–water partition coefficient (Wildman–Crippen LogP) is 1.28. The third-order valence-electron chi connectivity index (χ3n) is 2.62. The first-order valence-corrected chi connectivity index (χ1v) is 6.85. The molecule has 0 spiro atoms. The lowest BCUT2D eigenvalue weighted by molar-refractivity contribution is -0.145. The first kappa shape index (κ1) is 16.5. The fraction of sp³-hybridized carbons (Fsp3) is 0.533. The molecule has 0 aliphatic heterocycles. The number of ether oxygens (including phenoxy) is 2. The molecular formula is C15H23NO4. The van der Waals surface area contributed by atoms with Crippen molar-refractivity contribution in [3.8, 4) is 5.75 Å². The number of aryl methyl sites for hydroxylation is 1. The van der Waals surface area contributed by atoms with Crippen molar-refractivity contribution in [2.45, 2.75) is 26.4 Å². The van der Waals surface area contributed by atoms with Gasteiger partial charge in [-0.05, 0) is 31.5 Å². The second-order valence-corrected chi connectivity index (χ2v) is 4.53. The van der Waals surface area contributed by atoms with E-state index in [1.807, 2.05) is 31.2 Å². The van der Waals surface area contributed by atoms with Crippen LogP contribution in [0, 0.1) is 6.92 Å². The lowest BCUT2D eigenvalue weighted by Gasteiger charge is -2.12. The van der Waals surface area contributed by atoms with Crippen LogP contribution in [0.3, 0.4) is 0 Å². The number of nitrogens with one attached hydrogen (secondary N) is 1. The van der Waals surface area contributed by atoms with Crippen LogP contribution in [0.15, 0.2) is 24.3 Å². The van der Waals surface area contributed by atoms with Gasteiger partial charge in [-0.1, -0.05) is 12.1 Å². The van der Waals surface area contributed by atoms with Crippen LogP contribution in [0.2, 0.25) is 0 Å². The van der Waals surface area contributed by atoms with Gasteiger partial charge in [0.1, 0.15) is 12.4 Å². The summed E-state index contributed by atoms with van der Waals surface area (Å²) in [6.45, 7) is 5.55. The van der Waals surface area contributed by atoms with Gasteiger partial charge in [0, 0.05) is 13.1 Å². The summed E-state index contributed by atoms with van der Waals surface area (Å²) in [7, 11) is 0. The highest BCUT2D eigenvalue weighted by molar-refractivity contribution is 5.69.